The summed E-state index contributed by atoms with van der Waals surface area (Å²) in [5.41, 5.74) is 1.53. The van der Waals surface area contributed by atoms with Gasteiger partial charge >= 0.3 is 0 Å². The Kier molecular flexibility index (Phi) is 5.73. The second-order valence-electron chi connectivity index (χ2n) is 5.58. The van der Waals surface area contributed by atoms with E-state index in [2.05, 4.69) is 42.6 Å². The van der Waals surface area contributed by atoms with Crippen LogP contribution in [0.4, 0.5) is 0 Å². The molecule has 18 heavy (non-hydrogen) atoms. The predicted molar refractivity (Wildman–Crippen MR) is 78.9 cm³/mol. The summed E-state index contributed by atoms with van der Waals surface area (Å²) in [7, 11) is 0. The normalized spacial score (nSPS) is 19.4. The summed E-state index contributed by atoms with van der Waals surface area (Å²) >= 11 is 0. The number of rotatable bonds is 5. The average molecular weight is 245 g/mol. The van der Waals surface area contributed by atoms with Crippen LogP contribution in [-0.4, -0.2) is 13.1 Å². The number of hydrogen-bond donors (Lipinski definition) is 1. The average Bonchev–Trinajstić information content (AvgIpc) is 2.70. The monoisotopic (exact) mass is 245 g/mol. The highest BCUT2D eigenvalue weighted by Gasteiger charge is 2.23. The zero-order valence-electron chi connectivity index (χ0n) is 11.7. The lowest BCUT2D eigenvalue weighted by Crippen LogP contribution is -2.26. The first-order valence-electron chi connectivity index (χ1n) is 7.67. The van der Waals surface area contributed by atoms with Crippen molar-refractivity contribution in [3.8, 4) is 0 Å². The molecule has 0 radical (unpaired) electrons. The molecule has 2 rings (SSSR count). The molecule has 0 spiro atoms. The van der Waals surface area contributed by atoms with Crippen molar-refractivity contribution in [3.05, 3.63) is 35.9 Å². The molecule has 1 aliphatic carbocycles. The summed E-state index contributed by atoms with van der Waals surface area (Å²) in [6, 6.07) is 11.1. The Morgan fingerprint density at radius 2 is 1.72 bits per heavy atom. The maximum absolute atomic E-state index is 3.56. The topological polar surface area (TPSA) is 12.0 Å². The Bertz CT molecular complexity index is 312. The van der Waals surface area contributed by atoms with Crippen molar-refractivity contribution in [2.75, 3.05) is 13.1 Å². The summed E-state index contributed by atoms with van der Waals surface area (Å²) in [6.45, 7) is 4.43. The Morgan fingerprint density at radius 1 is 1.06 bits per heavy atom. The number of benzene rings is 1. The minimum Gasteiger partial charge on any atom is -0.316 e. The minimum atomic E-state index is 0.712. The third kappa shape index (κ3) is 3.84. The van der Waals surface area contributed by atoms with Crippen molar-refractivity contribution >= 4 is 0 Å². The van der Waals surface area contributed by atoms with Crippen LogP contribution in [0.2, 0.25) is 0 Å². The molecule has 1 N–H and O–H groups in total. The van der Waals surface area contributed by atoms with Gasteiger partial charge in [0.15, 0.2) is 0 Å². The van der Waals surface area contributed by atoms with Gasteiger partial charge in [0.1, 0.15) is 0 Å². The molecule has 1 heteroatoms. The van der Waals surface area contributed by atoms with Crippen LogP contribution in [0.15, 0.2) is 30.3 Å². The zero-order chi connectivity index (χ0) is 12.6. The van der Waals surface area contributed by atoms with Gasteiger partial charge in [-0.15, -0.1) is 0 Å². The first kappa shape index (κ1) is 13.6. The summed E-state index contributed by atoms with van der Waals surface area (Å²) < 4.78 is 0. The van der Waals surface area contributed by atoms with Gasteiger partial charge in [-0.05, 0) is 36.8 Å². The number of nitrogens with one attached hydrogen (secondary N) is 1. The fourth-order valence-electron chi connectivity index (χ4n) is 3.27. The minimum absolute atomic E-state index is 0.712. The van der Waals surface area contributed by atoms with Crippen LogP contribution in [-0.2, 0) is 0 Å². The van der Waals surface area contributed by atoms with Crippen molar-refractivity contribution in [1.29, 1.82) is 0 Å². The number of hydrogen-bond acceptors (Lipinski definition) is 1. The van der Waals surface area contributed by atoms with Crippen LogP contribution in [0, 0.1) is 5.92 Å². The van der Waals surface area contributed by atoms with Gasteiger partial charge in [-0.3, -0.25) is 0 Å². The fraction of sp³-hybridized carbons (Fsp3) is 0.647. The molecule has 1 aliphatic rings. The SMILES string of the molecule is CCNCC(c1ccccc1)C1CCCCCC1. The van der Waals surface area contributed by atoms with Crippen molar-refractivity contribution < 1.29 is 0 Å². The van der Waals surface area contributed by atoms with Crippen LogP contribution in [0.25, 0.3) is 0 Å². The Balaban J connectivity index is 2.08. The fourth-order valence-corrected chi connectivity index (χ4v) is 3.27. The highest BCUT2D eigenvalue weighted by Crippen LogP contribution is 2.34. The van der Waals surface area contributed by atoms with Crippen LogP contribution in [0.5, 0.6) is 0 Å². The van der Waals surface area contributed by atoms with Crippen LogP contribution < -0.4 is 5.32 Å². The Morgan fingerprint density at radius 3 is 2.33 bits per heavy atom. The molecule has 1 aromatic carbocycles. The molecule has 0 amide bonds. The van der Waals surface area contributed by atoms with E-state index in [4.69, 9.17) is 0 Å². The lowest BCUT2D eigenvalue weighted by Gasteiger charge is -2.27. The maximum Gasteiger partial charge on any atom is 0.00227 e. The quantitative estimate of drug-likeness (QED) is 0.760. The second kappa shape index (κ2) is 7.58. The molecular formula is C17H27N. The van der Waals surface area contributed by atoms with E-state index >= 15 is 0 Å². The van der Waals surface area contributed by atoms with Gasteiger partial charge < -0.3 is 5.32 Å². The summed E-state index contributed by atoms with van der Waals surface area (Å²) in [5.74, 6) is 1.60. The van der Waals surface area contributed by atoms with E-state index in [0.29, 0.717) is 5.92 Å². The first-order valence-corrected chi connectivity index (χ1v) is 7.67. The van der Waals surface area contributed by atoms with Crippen LogP contribution in [0.1, 0.15) is 56.9 Å². The smallest absolute Gasteiger partial charge is 0.00227 e. The van der Waals surface area contributed by atoms with Crippen molar-refractivity contribution in [3.63, 3.8) is 0 Å². The molecule has 1 fully saturated rings. The van der Waals surface area contributed by atoms with Gasteiger partial charge in [-0.25, -0.2) is 0 Å². The van der Waals surface area contributed by atoms with Crippen molar-refractivity contribution in [1.82, 2.24) is 5.32 Å². The third-order valence-electron chi connectivity index (χ3n) is 4.31. The summed E-state index contributed by atoms with van der Waals surface area (Å²) in [5, 5.41) is 3.56. The molecule has 0 heterocycles. The van der Waals surface area contributed by atoms with Crippen LogP contribution in [0.3, 0.4) is 0 Å². The second-order valence-corrected chi connectivity index (χ2v) is 5.58. The molecule has 0 bridgehead atoms. The number of likely N-dealkylation sites (N-methyl/N-ethyl adjacent to an activating group) is 1. The van der Waals surface area contributed by atoms with E-state index < -0.39 is 0 Å². The molecule has 1 nitrogen and oxygen atoms in total. The molecule has 100 valence electrons. The Labute approximate surface area is 112 Å². The summed E-state index contributed by atoms with van der Waals surface area (Å²) in [6.07, 6.45) is 8.59. The highest BCUT2D eigenvalue weighted by atomic mass is 14.8. The highest BCUT2D eigenvalue weighted by molar-refractivity contribution is 5.21. The van der Waals surface area contributed by atoms with Gasteiger partial charge in [-0.2, -0.15) is 0 Å². The molecule has 1 aromatic rings. The Hall–Kier alpha value is -0.820. The first-order chi connectivity index (χ1) is 8.92. The van der Waals surface area contributed by atoms with Gasteiger partial charge in [0.25, 0.3) is 0 Å². The van der Waals surface area contributed by atoms with E-state index in [1.165, 1.54) is 44.1 Å². The van der Waals surface area contributed by atoms with E-state index in [9.17, 15) is 0 Å². The van der Waals surface area contributed by atoms with E-state index in [1.807, 2.05) is 0 Å². The molecular weight excluding hydrogens is 218 g/mol. The molecule has 0 aliphatic heterocycles. The van der Waals surface area contributed by atoms with Gasteiger partial charge in [0.2, 0.25) is 0 Å². The van der Waals surface area contributed by atoms with Gasteiger partial charge in [0.05, 0.1) is 0 Å². The molecule has 0 aromatic heterocycles. The van der Waals surface area contributed by atoms with E-state index in [-0.39, 0.29) is 0 Å². The summed E-state index contributed by atoms with van der Waals surface area (Å²) in [4.78, 5) is 0. The molecule has 1 saturated carbocycles. The van der Waals surface area contributed by atoms with E-state index in [0.717, 1.165) is 19.0 Å². The van der Waals surface area contributed by atoms with E-state index in [1.54, 1.807) is 0 Å². The maximum atomic E-state index is 3.56. The lowest BCUT2D eigenvalue weighted by atomic mass is 9.81. The van der Waals surface area contributed by atoms with Gasteiger partial charge in [0, 0.05) is 6.54 Å². The van der Waals surface area contributed by atoms with Crippen LogP contribution >= 0.6 is 0 Å². The van der Waals surface area contributed by atoms with Gasteiger partial charge in [-0.1, -0.05) is 62.9 Å². The standard InChI is InChI=1S/C17H27N/c1-2-18-14-17(16-12-8-5-9-13-16)15-10-6-3-4-7-11-15/h5,8-9,12-13,15,17-18H,2-4,6-7,10-11,14H2,1H3. The van der Waals surface area contributed by atoms with Crippen molar-refractivity contribution in [2.24, 2.45) is 5.92 Å². The van der Waals surface area contributed by atoms with Crippen molar-refractivity contribution in [2.45, 2.75) is 51.4 Å². The molecule has 1 unspecified atom stereocenters. The third-order valence-corrected chi connectivity index (χ3v) is 4.31. The largest absolute Gasteiger partial charge is 0.316 e. The predicted octanol–water partition coefficient (Wildman–Crippen LogP) is 4.35. The molecule has 0 saturated heterocycles. The molecule has 1 atom stereocenters. The zero-order valence-corrected chi connectivity index (χ0v) is 11.7. The lowest BCUT2D eigenvalue weighted by molar-refractivity contribution is 0.363.